The molecule has 0 atom stereocenters. The number of hydrogen-bond donors (Lipinski definition) is 1. The van der Waals surface area contributed by atoms with E-state index >= 15 is 0 Å². The summed E-state index contributed by atoms with van der Waals surface area (Å²) in [5, 5.41) is 0.496. The van der Waals surface area contributed by atoms with Crippen LogP contribution < -0.4 is 5.73 Å². The molecule has 0 heterocycles. The average molecular weight is 264 g/mol. The standard InChI is InChI=1S/C10H14ClNO3S/c1-15-4-5-16(13,14)7-8-2-3-9(11)6-10(8)12/h2-3,6H,4-5,7,12H2,1H3. The van der Waals surface area contributed by atoms with E-state index in [4.69, 9.17) is 22.1 Å². The molecule has 0 saturated heterocycles. The quantitative estimate of drug-likeness (QED) is 0.817. The molecule has 0 bridgehead atoms. The largest absolute Gasteiger partial charge is 0.398 e. The molecular formula is C10H14ClNO3S. The van der Waals surface area contributed by atoms with E-state index in [9.17, 15) is 8.42 Å². The van der Waals surface area contributed by atoms with Crippen LogP contribution in [0, 0.1) is 0 Å². The molecule has 0 aliphatic heterocycles. The van der Waals surface area contributed by atoms with Crippen molar-refractivity contribution in [3.63, 3.8) is 0 Å². The second-order valence-electron chi connectivity index (χ2n) is 3.43. The van der Waals surface area contributed by atoms with E-state index in [1.165, 1.54) is 7.11 Å². The second kappa shape index (κ2) is 5.52. The molecule has 0 radical (unpaired) electrons. The number of nitrogens with two attached hydrogens (primary N) is 1. The Labute approximate surface area is 100 Å². The van der Waals surface area contributed by atoms with Crippen LogP contribution in [-0.4, -0.2) is 27.9 Å². The fourth-order valence-corrected chi connectivity index (χ4v) is 2.70. The molecule has 0 fully saturated rings. The maximum absolute atomic E-state index is 11.6. The Morgan fingerprint density at radius 3 is 2.69 bits per heavy atom. The minimum Gasteiger partial charge on any atom is -0.398 e. The van der Waals surface area contributed by atoms with Gasteiger partial charge in [0.15, 0.2) is 9.84 Å². The van der Waals surface area contributed by atoms with E-state index in [2.05, 4.69) is 0 Å². The lowest BCUT2D eigenvalue weighted by Crippen LogP contribution is -2.14. The van der Waals surface area contributed by atoms with Crippen LogP contribution in [0.4, 0.5) is 5.69 Å². The third-order valence-corrected chi connectivity index (χ3v) is 3.86. The molecule has 1 aromatic rings. The normalized spacial score (nSPS) is 11.6. The summed E-state index contributed by atoms with van der Waals surface area (Å²) in [6, 6.07) is 4.80. The van der Waals surface area contributed by atoms with Crippen molar-refractivity contribution in [1.82, 2.24) is 0 Å². The molecule has 0 spiro atoms. The summed E-state index contributed by atoms with van der Waals surface area (Å²) in [6.45, 7) is 0.190. The highest BCUT2D eigenvalue weighted by Gasteiger charge is 2.13. The number of rotatable bonds is 5. The van der Waals surface area contributed by atoms with Gasteiger partial charge < -0.3 is 10.5 Å². The van der Waals surface area contributed by atoms with Gasteiger partial charge in [-0.05, 0) is 17.7 Å². The fourth-order valence-electron chi connectivity index (χ4n) is 1.22. The lowest BCUT2D eigenvalue weighted by molar-refractivity contribution is 0.217. The van der Waals surface area contributed by atoms with Crippen LogP contribution in [0.2, 0.25) is 5.02 Å². The molecule has 0 aliphatic carbocycles. The summed E-state index contributed by atoms with van der Waals surface area (Å²) in [6.07, 6.45) is 0. The maximum Gasteiger partial charge on any atom is 0.156 e. The van der Waals surface area contributed by atoms with Crippen LogP contribution in [-0.2, 0) is 20.3 Å². The molecule has 0 aromatic heterocycles. The number of benzene rings is 1. The molecule has 0 unspecified atom stereocenters. The van der Waals surface area contributed by atoms with Crippen LogP contribution in [0.3, 0.4) is 0 Å². The minimum atomic E-state index is -3.18. The third-order valence-electron chi connectivity index (χ3n) is 2.08. The van der Waals surface area contributed by atoms with E-state index in [0.717, 1.165) is 0 Å². The topological polar surface area (TPSA) is 69.4 Å². The lowest BCUT2D eigenvalue weighted by Gasteiger charge is -2.07. The number of anilines is 1. The first-order valence-electron chi connectivity index (χ1n) is 4.68. The van der Waals surface area contributed by atoms with Crippen LogP contribution in [0.5, 0.6) is 0 Å². The number of nitrogen functional groups attached to an aromatic ring is 1. The third kappa shape index (κ3) is 4.00. The van der Waals surface area contributed by atoms with Crippen molar-refractivity contribution >= 4 is 27.1 Å². The summed E-state index contributed by atoms with van der Waals surface area (Å²) in [4.78, 5) is 0. The molecule has 90 valence electrons. The Morgan fingerprint density at radius 2 is 2.12 bits per heavy atom. The number of methoxy groups -OCH3 is 1. The van der Waals surface area contributed by atoms with Crippen molar-refractivity contribution in [3.8, 4) is 0 Å². The van der Waals surface area contributed by atoms with Crippen molar-refractivity contribution in [1.29, 1.82) is 0 Å². The summed E-state index contributed by atoms with van der Waals surface area (Å²) >= 11 is 5.72. The lowest BCUT2D eigenvalue weighted by atomic mass is 10.2. The van der Waals surface area contributed by atoms with Gasteiger partial charge in [-0.15, -0.1) is 0 Å². The number of sulfone groups is 1. The van der Waals surface area contributed by atoms with Crippen LogP contribution >= 0.6 is 11.6 Å². The predicted molar refractivity (Wildman–Crippen MR) is 65.2 cm³/mol. The van der Waals surface area contributed by atoms with Crippen LogP contribution in [0.1, 0.15) is 5.56 Å². The second-order valence-corrected chi connectivity index (χ2v) is 6.05. The zero-order valence-corrected chi connectivity index (χ0v) is 10.5. The first-order chi connectivity index (χ1) is 7.44. The molecule has 0 amide bonds. The zero-order valence-electron chi connectivity index (χ0n) is 8.94. The molecule has 2 N–H and O–H groups in total. The van der Waals surface area contributed by atoms with Gasteiger partial charge in [-0.25, -0.2) is 8.42 Å². The van der Waals surface area contributed by atoms with Gasteiger partial charge in [-0.2, -0.15) is 0 Å². The monoisotopic (exact) mass is 263 g/mol. The predicted octanol–water partition coefficient (Wildman–Crippen LogP) is 1.48. The van der Waals surface area contributed by atoms with E-state index in [-0.39, 0.29) is 18.1 Å². The summed E-state index contributed by atoms with van der Waals surface area (Å²) in [7, 11) is -1.72. The van der Waals surface area contributed by atoms with Gasteiger partial charge in [0.25, 0.3) is 0 Å². The van der Waals surface area contributed by atoms with Gasteiger partial charge >= 0.3 is 0 Å². The van der Waals surface area contributed by atoms with Crippen LogP contribution in [0.25, 0.3) is 0 Å². The SMILES string of the molecule is COCCS(=O)(=O)Cc1ccc(Cl)cc1N. The van der Waals surface area contributed by atoms with Gasteiger partial charge in [0, 0.05) is 17.8 Å². The van der Waals surface area contributed by atoms with Gasteiger partial charge in [0.2, 0.25) is 0 Å². The van der Waals surface area contributed by atoms with Crippen molar-refractivity contribution in [2.75, 3.05) is 25.2 Å². The molecule has 16 heavy (non-hydrogen) atoms. The van der Waals surface area contributed by atoms with Crippen molar-refractivity contribution < 1.29 is 13.2 Å². The van der Waals surface area contributed by atoms with E-state index in [1.807, 2.05) is 0 Å². The van der Waals surface area contributed by atoms with E-state index in [1.54, 1.807) is 18.2 Å². The summed E-state index contributed by atoms with van der Waals surface area (Å²) < 4.78 is 28.0. The Bertz CT molecular complexity index is 459. The molecular weight excluding hydrogens is 250 g/mol. The highest BCUT2D eigenvalue weighted by molar-refractivity contribution is 7.90. The van der Waals surface area contributed by atoms with Gasteiger partial charge in [0.1, 0.15) is 0 Å². The molecule has 4 nitrogen and oxygen atoms in total. The molecule has 1 aromatic carbocycles. The number of hydrogen-bond acceptors (Lipinski definition) is 4. The smallest absolute Gasteiger partial charge is 0.156 e. The number of ether oxygens (including phenoxy) is 1. The van der Waals surface area contributed by atoms with E-state index in [0.29, 0.717) is 16.3 Å². The van der Waals surface area contributed by atoms with Gasteiger partial charge in [-0.3, -0.25) is 0 Å². The first-order valence-corrected chi connectivity index (χ1v) is 6.88. The summed E-state index contributed by atoms with van der Waals surface area (Å²) in [5.74, 6) is -0.0923. The Kier molecular flexibility index (Phi) is 4.58. The first kappa shape index (κ1) is 13.3. The maximum atomic E-state index is 11.6. The highest BCUT2D eigenvalue weighted by Crippen LogP contribution is 2.20. The molecule has 0 saturated carbocycles. The van der Waals surface area contributed by atoms with Gasteiger partial charge in [-0.1, -0.05) is 17.7 Å². The van der Waals surface area contributed by atoms with Gasteiger partial charge in [0.05, 0.1) is 18.1 Å². The van der Waals surface area contributed by atoms with Crippen molar-refractivity contribution in [2.24, 2.45) is 0 Å². The molecule has 6 heteroatoms. The Morgan fingerprint density at radius 1 is 1.44 bits per heavy atom. The van der Waals surface area contributed by atoms with E-state index < -0.39 is 9.84 Å². The van der Waals surface area contributed by atoms with Crippen molar-refractivity contribution in [3.05, 3.63) is 28.8 Å². The van der Waals surface area contributed by atoms with Crippen molar-refractivity contribution in [2.45, 2.75) is 5.75 Å². The number of halogens is 1. The molecule has 0 aliphatic rings. The zero-order chi connectivity index (χ0) is 12.2. The highest BCUT2D eigenvalue weighted by atomic mass is 35.5. The Hall–Kier alpha value is -0.780. The Balaban J connectivity index is 2.80. The molecule has 1 rings (SSSR count). The minimum absolute atomic E-state index is 0.00837. The average Bonchev–Trinajstić information content (AvgIpc) is 2.19. The summed E-state index contributed by atoms with van der Waals surface area (Å²) in [5.41, 5.74) is 6.64. The fraction of sp³-hybridized carbons (Fsp3) is 0.400. The van der Waals surface area contributed by atoms with Crippen LogP contribution in [0.15, 0.2) is 18.2 Å².